The largest absolute Gasteiger partial charge is 0.357 e. The van der Waals surface area contributed by atoms with Crippen molar-refractivity contribution in [1.82, 2.24) is 15.4 Å². The Bertz CT molecular complexity index is 771. The monoisotopic (exact) mass is 366 g/mol. The number of hydrogen-bond donors (Lipinski definition) is 3. The molecule has 8 heteroatoms. The molecule has 0 fully saturated rings. The van der Waals surface area contributed by atoms with E-state index in [0.717, 1.165) is 12.1 Å². The van der Waals surface area contributed by atoms with Crippen molar-refractivity contribution in [2.24, 2.45) is 4.99 Å². The SMILES string of the molecule is CCNC(=NCc1ccsc1)NCc1cccc(S(=O)(=O)NC)c1. The minimum Gasteiger partial charge on any atom is -0.357 e. The number of nitrogens with zero attached hydrogens (tertiary/aromatic N) is 1. The van der Waals surface area contributed by atoms with Crippen LogP contribution in [0.5, 0.6) is 0 Å². The van der Waals surface area contributed by atoms with E-state index in [4.69, 9.17) is 0 Å². The van der Waals surface area contributed by atoms with Gasteiger partial charge in [0.15, 0.2) is 5.96 Å². The fourth-order valence-corrected chi connectivity index (χ4v) is 3.48. The van der Waals surface area contributed by atoms with Crippen molar-refractivity contribution in [2.45, 2.75) is 24.9 Å². The predicted molar refractivity (Wildman–Crippen MR) is 98.7 cm³/mol. The van der Waals surface area contributed by atoms with Crippen LogP contribution in [0.3, 0.4) is 0 Å². The summed E-state index contributed by atoms with van der Waals surface area (Å²) in [4.78, 5) is 4.78. The zero-order chi connectivity index (χ0) is 17.4. The third kappa shape index (κ3) is 5.33. The summed E-state index contributed by atoms with van der Waals surface area (Å²) in [5.74, 6) is 0.700. The van der Waals surface area contributed by atoms with Gasteiger partial charge in [0.05, 0.1) is 11.4 Å². The minimum atomic E-state index is -3.43. The number of benzene rings is 1. The Morgan fingerprint density at radius 3 is 2.71 bits per heavy atom. The molecule has 24 heavy (non-hydrogen) atoms. The highest BCUT2D eigenvalue weighted by molar-refractivity contribution is 7.89. The zero-order valence-corrected chi connectivity index (χ0v) is 15.4. The van der Waals surface area contributed by atoms with Crippen LogP contribution < -0.4 is 15.4 Å². The van der Waals surface area contributed by atoms with Gasteiger partial charge >= 0.3 is 0 Å². The molecule has 0 radical (unpaired) electrons. The first-order valence-electron chi connectivity index (χ1n) is 7.61. The summed E-state index contributed by atoms with van der Waals surface area (Å²) in [6.45, 7) is 3.85. The molecule has 0 saturated heterocycles. The molecule has 0 bridgehead atoms. The second-order valence-corrected chi connectivity index (χ2v) is 7.70. The maximum absolute atomic E-state index is 11.9. The van der Waals surface area contributed by atoms with Crippen molar-refractivity contribution in [3.8, 4) is 0 Å². The molecule has 2 aromatic rings. The molecular weight excluding hydrogens is 344 g/mol. The molecule has 0 saturated carbocycles. The molecule has 0 aliphatic carbocycles. The maximum atomic E-state index is 11.9. The predicted octanol–water partition coefficient (Wildman–Crippen LogP) is 1.91. The number of hydrogen-bond acceptors (Lipinski definition) is 4. The molecule has 0 spiro atoms. The molecule has 0 amide bonds. The van der Waals surface area contributed by atoms with Crippen LogP contribution in [0.15, 0.2) is 51.0 Å². The molecular formula is C16H22N4O2S2. The van der Waals surface area contributed by atoms with Gasteiger partial charge in [-0.2, -0.15) is 11.3 Å². The molecule has 6 nitrogen and oxygen atoms in total. The lowest BCUT2D eigenvalue weighted by atomic mass is 10.2. The Labute approximate surface area is 147 Å². The van der Waals surface area contributed by atoms with Gasteiger partial charge in [-0.05, 0) is 54.1 Å². The van der Waals surface area contributed by atoms with Gasteiger partial charge in [0.1, 0.15) is 0 Å². The number of aliphatic imine (C=N–C) groups is 1. The Morgan fingerprint density at radius 1 is 1.21 bits per heavy atom. The minimum absolute atomic E-state index is 0.254. The highest BCUT2D eigenvalue weighted by atomic mass is 32.2. The van der Waals surface area contributed by atoms with Gasteiger partial charge in [-0.15, -0.1) is 0 Å². The van der Waals surface area contributed by atoms with Crippen LogP contribution in [0.4, 0.5) is 0 Å². The van der Waals surface area contributed by atoms with Gasteiger partial charge in [0, 0.05) is 13.1 Å². The lowest BCUT2D eigenvalue weighted by molar-refractivity contribution is 0.588. The Balaban J connectivity index is 2.04. The first-order valence-corrected chi connectivity index (χ1v) is 10.0. The summed E-state index contributed by atoms with van der Waals surface area (Å²) in [7, 11) is -2.03. The van der Waals surface area contributed by atoms with E-state index in [9.17, 15) is 8.42 Å². The molecule has 0 aliphatic rings. The molecule has 0 aliphatic heterocycles. The fraction of sp³-hybridized carbons (Fsp3) is 0.312. The first kappa shape index (κ1) is 18.4. The topological polar surface area (TPSA) is 82.6 Å². The van der Waals surface area contributed by atoms with Crippen molar-refractivity contribution >= 4 is 27.3 Å². The van der Waals surface area contributed by atoms with Gasteiger partial charge in [-0.25, -0.2) is 18.1 Å². The Kier molecular flexibility index (Phi) is 6.77. The first-order chi connectivity index (χ1) is 11.5. The van der Waals surface area contributed by atoms with E-state index in [1.165, 1.54) is 12.6 Å². The second kappa shape index (κ2) is 8.81. The van der Waals surface area contributed by atoms with Crippen molar-refractivity contribution in [2.75, 3.05) is 13.6 Å². The Hall–Kier alpha value is -1.90. The standard InChI is InChI=1S/C16H22N4O2S2/c1-3-18-16(20-11-14-7-8-23-12-14)19-10-13-5-4-6-15(9-13)24(21,22)17-2/h4-9,12,17H,3,10-11H2,1-2H3,(H2,18,19,20). The van der Waals surface area contributed by atoms with Crippen LogP contribution in [0, 0.1) is 0 Å². The van der Waals surface area contributed by atoms with E-state index in [1.54, 1.807) is 29.5 Å². The number of nitrogens with one attached hydrogen (secondary N) is 3. The third-order valence-corrected chi connectivity index (χ3v) is 5.43. The van der Waals surface area contributed by atoms with Crippen LogP contribution in [0.2, 0.25) is 0 Å². The average molecular weight is 367 g/mol. The lowest BCUT2D eigenvalue weighted by Gasteiger charge is -2.12. The van der Waals surface area contributed by atoms with Crippen molar-refractivity contribution in [3.63, 3.8) is 0 Å². The van der Waals surface area contributed by atoms with Crippen LogP contribution in [0.25, 0.3) is 0 Å². The van der Waals surface area contributed by atoms with Crippen LogP contribution in [-0.2, 0) is 23.1 Å². The molecule has 1 heterocycles. The van der Waals surface area contributed by atoms with Gasteiger partial charge in [-0.3, -0.25) is 0 Å². The van der Waals surface area contributed by atoms with E-state index in [2.05, 4.69) is 25.7 Å². The highest BCUT2D eigenvalue weighted by Gasteiger charge is 2.11. The second-order valence-electron chi connectivity index (χ2n) is 5.04. The van der Waals surface area contributed by atoms with Crippen LogP contribution in [0.1, 0.15) is 18.1 Å². The summed E-state index contributed by atoms with van der Waals surface area (Å²) in [5.41, 5.74) is 2.03. The normalized spacial score (nSPS) is 12.2. The number of sulfonamides is 1. The van der Waals surface area contributed by atoms with E-state index in [0.29, 0.717) is 19.0 Å². The smallest absolute Gasteiger partial charge is 0.240 e. The van der Waals surface area contributed by atoms with E-state index in [-0.39, 0.29) is 4.90 Å². The van der Waals surface area contributed by atoms with Gasteiger partial charge in [0.2, 0.25) is 10.0 Å². The van der Waals surface area contributed by atoms with Crippen molar-refractivity contribution in [1.29, 1.82) is 0 Å². The molecule has 1 aromatic heterocycles. The third-order valence-electron chi connectivity index (χ3n) is 3.28. The fourth-order valence-electron chi connectivity index (χ4n) is 2.02. The summed E-state index contributed by atoms with van der Waals surface area (Å²) < 4.78 is 26.0. The van der Waals surface area contributed by atoms with Gasteiger partial charge in [-0.1, -0.05) is 12.1 Å². The summed E-state index contributed by atoms with van der Waals surface area (Å²) in [6.07, 6.45) is 0. The molecule has 0 atom stereocenters. The van der Waals surface area contributed by atoms with Crippen LogP contribution >= 0.6 is 11.3 Å². The number of rotatable bonds is 7. The average Bonchev–Trinajstić information content (AvgIpc) is 3.11. The number of guanidine groups is 1. The molecule has 0 unspecified atom stereocenters. The number of thiophene rings is 1. The molecule has 2 rings (SSSR count). The van der Waals surface area contributed by atoms with Crippen LogP contribution in [-0.4, -0.2) is 28.0 Å². The van der Waals surface area contributed by atoms with E-state index in [1.807, 2.05) is 24.4 Å². The summed E-state index contributed by atoms with van der Waals surface area (Å²) in [6, 6.07) is 8.89. The van der Waals surface area contributed by atoms with Crippen molar-refractivity contribution < 1.29 is 8.42 Å². The summed E-state index contributed by atoms with van der Waals surface area (Å²) >= 11 is 1.65. The van der Waals surface area contributed by atoms with Crippen molar-refractivity contribution in [3.05, 3.63) is 52.2 Å². The summed E-state index contributed by atoms with van der Waals surface area (Å²) in [5, 5.41) is 10.5. The molecule has 1 aromatic carbocycles. The molecule has 3 N–H and O–H groups in total. The van der Waals surface area contributed by atoms with Gasteiger partial charge < -0.3 is 10.6 Å². The quantitative estimate of drug-likeness (QED) is 0.516. The Morgan fingerprint density at radius 2 is 2.04 bits per heavy atom. The van der Waals surface area contributed by atoms with E-state index < -0.39 is 10.0 Å². The highest BCUT2D eigenvalue weighted by Crippen LogP contribution is 2.11. The zero-order valence-electron chi connectivity index (χ0n) is 13.7. The van der Waals surface area contributed by atoms with E-state index >= 15 is 0 Å². The van der Waals surface area contributed by atoms with Gasteiger partial charge in [0.25, 0.3) is 0 Å². The molecule has 130 valence electrons. The lowest BCUT2D eigenvalue weighted by Crippen LogP contribution is -2.36. The maximum Gasteiger partial charge on any atom is 0.240 e.